The summed E-state index contributed by atoms with van der Waals surface area (Å²) in [5.74, 6) is -1.73. The number of benzene rings is 1. The van der Waals surface area contributed by atoms with Crippen molar-refractivity contribution in [3.8, 4) is 0 Å². The van der Waals surface area contributed by atoms with Gasteiger partial charge in [0.2, 0.25) is 5.91 Å². The second-order valence-corrected chi connectivity index (χ2v) is 4.10. The lowest BCUT2D eigenvalue weighted by atomic mass is 10.1. The van der Waals surface area contributed by atoms with Crippen molar-refractivity contribution in [1.82, 2.24) is 5.32 Å². The molecular weight excluding hydrogens is 277 g/mol. The normalized spacial score (nSPS) is 11.2. The van der Waals surface area contributed by atoms with E-state index in [-0.39, 0.29) is 5.56 Å². The first kappa shape index (κ1) is 16.0. The van der Waals surface area contributed by atoms with Crippen LogP contribution in [-0.4, -0.2) is 36.2 Å². The Morgan fingerprint density at radius 1 is 1.30 bits per heavy atom. The summed E-state index contributed by atoms with van der Waals surface area (Å²) in [6, 6.07) is 4.12. The molecule has 0 saturated heterocycles. The number of amides is 1. The minimum atomic E-state index is -4.37. The van der Waals surface area contributed by atoms with Crippen molar-refractivity contribution in [2.75, 3.05) is 18.4 Å². The van der Waals surface area contributed by atoms with Crippen molar-refractivity contribution in [3.63, 3.8) is 0 Å². The lowest BCUT2D eigenvalue weighted by Crippen LogP contribution is -2.35. The Bertz CT molecular complexity index is 515. The number of rotatable bonds is 5. The van der Waals surface area contributed by atoms with Gasteiger partial charge in [-0.15, -0.1) is 0 Å². The van der Waals surface area contributed by atoms with E-state index in [4.69, 9.17) is 5.11 Å². The van der Waals surface area contributed by atoms with Crippen molar-refractivity contribution in [1.29, 1.82) is 0 Å². The van der Waals surface area contributed by atoms with Crippen LogP contribution in [0, 0.1) is 6.92 Å². The third-order valence-electron chi connectivity index (χ3n) is 2.35. The van der Waals surface area contributed by atoms with Gasteiger partial charge in [0.05, 0.1) is 18.7 Å². The molecule has 110 valence electrons. The molecule has 0 aromatic heterocycles. The molecule has 0 aliphatic heterocycles. The quantitative estimate of drug-likeness (QED) is 0.772. The van der Waals surface area contributed by atoms with Crippen LogP contribution in [-0.2, 0) is 4.79 Å². The summed E-state index contributed by atoms with van der Waals surface area (Å²) in [4.78, 5) is 22.2. The highest BCUT2D eigenvalue weighted by Gasteiger charge is 2.26. The highest BCUT2D eigenvalue weighted by atomic mass is 19.4. The van der Waals surface area contributed by atoms with E-state index >= 15 is 0 Å². The molecule has 0 fully saturated rings. The van der Waals surface area contributed by atoms with Crippen LogP contribution in [0.4, 0.5) is 18.9 Å². The Labute approximate surface area is 112 Å². The molecule has 3 N–H and O–H groups in total. The van der Waals surface area contributed by atoms with E-state index in [1.165, 1.54) is 18.2 Å². The molecule has 0 radical (unpaired) electrons. The van der Waals surface area contributed by atoms with E-state index in [2.05, 4.69) is 5.32 Å². The van der Waals surface area contributed by atoms with Gasteiger partial charge >= 0.3 is 12.1 Å². The summed E-state index contributed by atoms with van der Waals surface area (Å²) < 4.78 is 35.6. The monoisotopic (exact) mass is 290 g/mol. The van der Waals surface area contributed by atoms with Crippen molar-refractivity contribution in [2.24, 2.45) is 0 Å². The SMILES string of the molecule is Cc1cc(NC(=O)CNCC(F)(F)F)ccc1C(=O)O. The van der Waals surface area contributed by atoms with Crippen molar-refractivity contribution >= 4 is 17.6 Å². The van der Waals surface area contributed by atoms with Gasteiger partial charge in [-0.05, 0) is 30.7 Å². The molecule has 1 rings (SSSR count). The maximum atomic E-state index is 11.9. The van der Waals surface area contributed by atoms with Gasteiger partial charge in [-0.2, -0.15) is 13.2 Å². The summed E-state index contributed by atoms with van der Waals surface area (Å²) in [6.45, 7) is -0.183. The maximum absolute atomic E-state index is 11.9. The molecule has 20 heavy (non-hydrogen) atoms. The standard InChI is InChI=1S/C12H13F3N2O3/c1-7-4-8(2-3-9(7)11(19)20)17-10(18)5-16-6-12(13,14)15/h2-4,16H,5-6H2,1H3,(H,17,18)(H,19,20). The average Bonchev–Trinajstić information content (AvgIpc) is 2.26. The van der Waals surface area contributed by atoms with Crippen LogP contribution in [0.5, 0.6) is 0 Å². The van der Waals surface area contributed by atoms with E-state index < -0.39 is 31.1 Å². The van der Waals surface area contributed by atoms with Crippen LogP contribution in [0.1, 0.15) is 15.9 Å². The van der Waals surface area contributed by atoms with Gasteiger partial charge in [-0.3, -0.25) is 4.79 Å². The number of hydrogen-bond donors (Lipinski definition) is 3. The minimum Gasteiger partial charge on any atom is -0.478 e. The number of aromatic carboxylic acids is 1. The molecule has 8 heteroatoms. The Hall–Kier alpha value is -2.09. The van der Waals surface area contributed by atoms with Crippen LogP contribution in [0.15, 0.2) is 18.2 Å². The third-order valence-corrected chi connectivity index (χ3v) is 2.35. The zero-order chi connectivity index (χ0) is 15.3. The largest absolute Gasteiger partial charge is 0.478 e. The Morgan fingerprint density at radius 3 is 2.45 bits per heavy atom. The van der Waals surface area contributed by atoms with Crippen LogP contribution >= 0.6 is 0 Å². The fourth-order valence-electron chi connectivity index (χ4n) is 1.50. The predicted molar refractivity (Wildman–Crippen MR) is 65.7 cm³/mol. The van der Waals surface area contributed by atoms with E-state index in [1.54, 1.807) is 6.92 Å². The van der Waals surface area contributed by atoms with Crippen molar-refractivity contribution in [3.05, 3.63) is 29.3 Å². The predicted octanol–water partition coefficient (Wildman–Crippen LogP) is 1.78. The smallest absolute Gasteiger partial charge is 0.401 e. The van der Waals surface area contributed by atoms with Gasteiger partial charge in [0.25, 0.3) is 0 Å². The first-order valence-electron chi connectivity index (χ1n) is 5.60. The van der Waals surface area contributed by atoms with Crippen molar-refractivity contribution in [2.45, 2.75) is 13.1 Å². The summed E-state index contributed by atoms with van der Waals surface area (Å²) in [7, 11) is 0. The number of carbonyl (C=O) groups is 2. The number of halogens is 3. The summed E-state index contributed by atoms with van der Waals surface area (Å²) >= 11 is 0. The molecule has 0 unspecified atom stereocenters. The highest BCUT2D eigenvalue weighted by molar-refractivity contribution is 5.94. The van der Waals surface area contributed by atoms with Crippen molar-refractivity contribution < 1.29 is 27.9 Å². The molecule has 0 aliphatic carbocycles. The number of hydrogen-bond acceptors (Lipinski definition) is 3. The van der Waals surface area contributed by atoms with Crippen LogP contribution < -0.4 is 10.6 Å². The van der Waals surface area contributed by atoms with E-state index in [0.29, 0.717) is 11.3 Å². The summed E-state index contributed by atoms with van der Waals surface area (Å²) in [5, 5.41) is 13.2. The first-order chi connectivity index (χ1) is 9.19. The Kier molecular flexibility index (Phi) is 5.09. The molecule has 0 bridgehead atoms. The molecule has 0 atom stereocenters. The van der Waals surface area contributed by atoms with Gasteiger partial charge < -0.3 is 15.7 Å². The van der Waals surface area contributed by atoms with Gasteiger partial charge in [0.1, 0.15) is 0 Å². The zero-order valence-corrected chi connectivity index (χ0v) is 10.5. The molecule has 5 nitrogen and oxygen atoms in total. The van der Waals surface area contributed by atoms with Crippen LogP contribution in [0.3, 0.4) is 0 Å². The van der Waals surface area contributed by atoms with Crippen LogP contribution in [0.2, 0.25) is 0 Å². The number of aryl methyl sites for hydroxylation is 1. The fraction of sp³-hybridized carbons (Fsp3) is 0.333. The lowest BCUT2D eigenvalue weighted by Gasteiger charge is -2.10. The number of carboxylic acids is 1. The minimum absolute atomic E-state index is 0.0956. The number of alkyl halides is 3. The van der Waals surface area contributed by atoms with Gasteiger partial charge in [-0.25, -0.2) is 4.79 Å². The number of anilines is 1. The Morgan fingerprint density at radius 2 is 1.95 bits per heavy atom. The molecule has 0 heterocycles. The summed E-state index contributed by atoms with van der Waals surface area (Å²) in [5.41, 5.74) is 0.864. The molecular formula is C12H13F3N2O3. The lowest BCUT2D eigenvalue weighted by molar-refractivity contribution is -0.126. The number of carboxylic acid groups (broad SMARTS) is 1. The topological polar surface area (TPSA) is 78.4 Å². The number of nitrogens with one attached hydrogen (secondary N) is 2. The van der Waals surface area contributed by atoms with Crippen LogP contribution in [0.25, 0.3) is 0 Å². The maximum Gasteiger partial charge on any atom is 0.401 e. The molecule has 0 aliphatic rings. The first-order valence-corrected chi connectivity index (χ1v) is 5.60. The molecule has 1 amide bonds. The average molecular weight is 290 g/mol. The second kappa shape index (κ2) is 6.38. The molecule has 1 aromatic carbocycles. The zero-order valence-electron chi connectivity index (χ0n) is 10.5. The third kappa shape index (κ3) is 5.27. The fourth-order valence-corrected chi connectivity index (χ4v) is 1.50. The van der Waals surface area contributed by atoms with Gasteiger partial charge in [-0.1, -0.05) is 0 Å². The molecule has 0 saturated carbocycles. The molecule has 1 aromatic rings. The number of carbonyl (C=O) groups excluding carboxylic acids is 1. The second-order valence-electron chi connectivity index (χ2n) is 4.10. The molecule has 0 spiro atoms. The van der Waals surface area contributed by atoms with Gasteiger partial charge in [0, 0.05) is 5.69 Å². The highest BCUT2D eigenvalue weighted by Crippen LogP contribution is 2.15. The Balaban J connectivity index is 2.54. The van der Waals surface area contributed by atoms with E-state index in [9.17, 15) is 22.8 Å². The summed E-state index contributed by atoms with van der Waals surface area (Å²) in [6.07, 6.45) is -4.37. The van der Waals surface area contributed by atoms with E-state index in [0.717, 1.165) is 0 Å². The van der Waals surface area contributed by atoms with E-state index in [1.807, 2.05) is 5.32 Å². The van der Waals surface area contributed by atoms with Gasteiger partial charge in [0.15, 0.2) is 0 Å².